The molecule has 0 aromatic rings. The summed E-state index contributed by atoms with van der Waals surface area (Å²) in [5.74, 6) is 1.00. The maximum atomic E-state index is 11.2. The summed E-state index contributed by atoms with van der Waals surface area (Å²) in [6.07, 6.45) is 5.57. The van der Waals surface area contributed by atoms with Crippen molar-refractivity contribution in [3.63, 3.8) is 0 Å². The summed E-state index contributed by atoms with van der Waals surface area (Å²) in [6, 6.07) is 0.443. The first-order valence-electron chi connectivity index (χ1n) is 5.57. The average molecular weight is 309 g/mol. The first-order valence-corrected chi connectivity index (χ1v) is 6.81. The van der Waals surface area contributed by atoms with Gasteiger partial charge in [0.15, 0.2) is 0 Å². The maximum Gasteiger partial charge on any atom is 0.219 e. The van der Waals surface area contributed by atoms with Crippen LogP contribution in [0, 0.1) is 5.92 Å². The van der Waals surface area contributed by atoms with Crippen molar-refractivity contribution in [3.05, 3.63) is 0 Å². The number of alkyl halides is 1. The molecule has 1 saturated carbocycles. The fraction of sp³-hybridized carbons (Fsp3) is 0.909. The molecule has 3 atom stereocenters. The van der Waals surface area contributed by atoms with Crippen molar-refractivity contribution in [2.75, 3.05) is 0 Å². The monoisotopic (exact) mass is 309 g/mol. The van der Waals surface area contributed by atoms with Crippen LogP contribution >= 0.6 is 22.6 Å². The van der Waals surface area contributed by atoms with Crippen LogP contribution in [0.4, 0.5) is 0 Å². The Morgan fingerprint density at radius 2 is 2.29 bits per heavy atom. The van der Waals surface area contributed by atoms with Crippen molar-refractivity contribution in [1.82, 2.24) is 5.32 Å². The van der Waals surface area contributed by atoms with Gasteiger partial charge in [-0.3, -0.25) is 4.79 Å². The summed E-state index contributed by atoms with van der Waals surface area (Å²) in [4.78, 5) is 11.2. The number of carbonyl (C=O) groups excluding carboxylic acids is 1. The van der Waals surface area contributed by atoms with E-state index in [0.717, 1.165) is 9.84 Å². The first kappa shape index (κ1) is 12.3. The van der Waals surface area contributed by atoms with E-state index in [4.69, 9.17) is 0 Å². The first-order chi connectivity index (χ1) is 6.63. The molecule has 2 nitrogen and oxygen atoms in total. The molecule has 1 aliphatic rings. The third kappa shape index (κ3) is 3.75. The van der Waals surface area contributed by atoms with Gasteiger partial charge < -0.3 is 5.32 Å². The van der Waals surface area contributed by atoms with Crippen LogP contribution in [0.1, 0.15) is 46.0 Å². The van der Waals surface area contributed by atoms with Crippen molar-refractivity contribution in [3.8, 4) is 0 Å². The summed E-state index contributed by atoms with van der Waals surface area (Å²) in [7, 11) is 0. The molecule has 3 heteroatoms. The van der Waals surface area contributed by atoms with Gasteiger partial charge in [0.1, 0.15) is 0 Å². The highest BCUT2D eigenvalue weighted by Gasteiger charge is 2.25. The van der Waals surface area contributed by atoms with E-state index in [1.165, 1.54) is 25.7 Å². The van der Waals surface area contributed by atoms with Gasteiger partial charge in [0.2, 0.25) is 5.91 Å². The molecule has 0 unspecified atom stereocenters. The molecule has 0 bridgehead atoms. The number of nitrogens with one attached hydrogen (secondary N) is 1. The molecule has 1 aliphatic carbocycles. The topological polar surface area (TPSA) is 29.1 Å². The van der Waals surface area contributed by atoms with Gasteiger partial charge in [0.05, 0.1) is 0 Å². The Bertz CT molecular complexity index is 194. The van der Waals surface area contributed by atoms with Crippen LogP contribution in [0.5, 0.6) is 0 Å². The van der Waals surface area contributed by atoms with Gasteiger partial charge in [-0.15, -0.1) is 0 Å². The van der Waals surface area contributed by atoms with Gasteiger partial charge >= 0.3 is 0 Å². The SMILES string of the molecule is CCC(=O)N[C@@H]1CCC[C@H]([C@@H](C)I)C1. The van der Waals surface area contributed by atoms with Crippen LogP contribution in [0.2, 0.25) is 0 Å². The third-order valence-electron chi connectivity index (χ3n) is 3.05. The van der Waals surface area contributed by atoms with Crippen LogP contribution in [0.25, 0.3) is 0 Å². The fourth-order valence-electron chi connectivity index (χ4n) is 2.11. The molecule has 14 heavy (non-hydrogen) atoms. The number of hydrogen-bond donors (Lipinski definition) is 1. The minimum absolute atomic E-state index is 0.205. The Balaban J connectivity index is 2.36. The lowest BCUT2D eigenvalue weighted by atomic mass is 9.84. The quantitative estimate of drug-likeness (QED) is 0.630. The number of hydrogen-bond acceptors (Lipinski definition) is 1. The zero-order valence-electron chi connectivity index (χ0n) is 9.05. The van der Waals surface area contributed by atoms with E-state index in [-0.39, 0.29) is 5.91 Å². The molecule has 0 radical (unpaired) electrons. The van der Waals surface area contributed by atoms with Gasteiger partial charge in [0.25, 0.3) is 0 Å². The zero-order chi connectivity index (χ0) is 10.6. The summed E-state index contributed by atoms with van der Waals surface area (Å²) < 4.78 is 0.730. The molecule has 82 valence electrons. The summed E-state index contributed by atoms with van der Waals surface area (Å²) in [5, 5.41) is 3.11. The molecule has 0 spiro atoms. The predicted molar refractivity (Wildman–Crippen MR) is 67.7 cm³/mol. The Kier molecular flexibility index (Phi) is 5.20. The minimum Gasteiger partial charge on any atom is -0.353 e. The average Bonchev–Trinajstić information content (AvgIpc) is 2.18. The van der Waals surface area contributed by atoms with E-state index >= 15 is 0 Å². The van der Waals surface area contributed by atoms with Crippen molar-refractivity contribution < 1.29 is 4.79 Å². The van der Waals surface area contributed by atoms with Gasteiger partial charge in [-0.1, -0.05) is 42.9 Å². The largest absolute Gasteiger partial charge is 0.353 e. The number of rotatable bonds is 3. The van der Waals surface area contributed by atoms with Crippen LogP contribution in [0.3, 0.4) is 0 Å². The normalized spacial score (nSPS) is 29.6. The van der Waals surface area contributed by atoms with Gasteiger partial charge in [0, 0.05) is 16.4 Å². The molecule has 0 saturated heterocycles. The Morgan fingerprint density at radius 1 is 1.57 bits per heavy atom. The Hall–Kier alpha value is 0.200. The van der Waals surface area contributed by atoms with Crippen LogP contribution in [-0.2, 0) is 4.79 Å². The van der Waals surface area contributed by atoms with E-state index in [9.17, 15) is 4.79 Å². The van der Waals surface area contributed by atoms with E-state index in [0.29, 0.717) is 12.5 Å². The standard InChI is InChI=1S/C11H20INO/c1-3-11(14)13-10-6-4-5-9(7-10)8(2)12/h8-10H,3-7H2,1-2H3,(H,13,14)/t8-,9+,10-/m1/s1. The highest BCUT2D eigenvalue weighted by molar-refractivity contribution is 14.1. The lowest BCUT2D eigenvalue weighted by Crippen LogP contribution is -2.39. The Labute approximate surface area is 100 Å². The smallest absolute Gasteiger partial charge is 0.219 e. The van der Waals surface area contributed by atoms with Crippen LogP contribution in [0.15, 0.2) is 0 Å². The molecule has 1 fully saturated rings. The second-order valence-electron chi connectivity index (χ2n) is 4.22. The molecule has 0 aliphatic heterocycles. The lowest BCUT2D eigenvalue weighted by Gasteiger charge is -2.31. The highest BCUT2D eigenvalue weighted by Crippen LogP contribution is 2.30. The van der Waals surface area contributed by atoms with E-state index in [2.05, 4.69) is 34.8 Å². The van der Waals surface area contributed by atoms with Crippen molar-refractivity contribution in [2.45, 2.75) is 55.9 Å². The van der Waals surface area contributed by atoms with Crippen molar-refractivity contribution >= 4 is 28.5 Å². The van der Waals surface area contributed by atoms with E-state index in [1.807, 2.05) is 6.92 Å². The number of amides is 1. The van der Waals surface area contributed by atoms with Gasteiger partial charge in [-0.2, -0.15) is 0 Å². The predicted octanol–water partition coefficient (Wildman–Crippen LogP) is 2.89. The van der Waals surface area contributed by atoms with Crippen LogP contribution < -0.4 is 5.32 Å². The second kappa shape index (κ2) is 5.93. The molecule has 0 heterocycles. The van der Waals surface area contributed by atoms with E-state index in [1.54, 1.807) is 0 Å². The minimum atomic E-state index is 0.205. The summed E-state index contributed by atoms with van der Waals surface area (Å²) in [6.45, 7) is 4.19. The molecule has 0 aromatic heterocycles. The second-order valence-corrected chi connectivity index (χ2v) is 6.19. The molecule has 1 amide bonds. The molecular weight excluding hydrogens is 289 g/mol. The Morgan fingerprint density at radius 3 is 2.86 bits per heavy atom. The molecule has 0 aromatic carbocycles. The number of carbonyl (C=O) groups is 1. The van der Waals surface area contributed by atoms with Crippen LogP contribution in [-0.4, -0.2) is 15.9 Å². The van der Waals surface area contributed by atoms with Crippen molar-refractivity contribution in [2.24, 2.45) is 5.92 Å². The fourth-order valence-corrected chi connectivity index (χ4v) is 2.76. The number of halogens is 1. The van der Waals surface area contributed by atoms with Gasteiger partial charge in [-0.25, -0.2) is 0 Å². The molecular formula is C11H20INO. The summed E-state index contributed by atoms with van der Waals surface area (Å²) in [5.41, 5.74) is 0. The van der Waals surface area contributed by atoms with Crippen molar-refractivity contribution in [1.29, 1.82) is 0 Å². The summed E-state index contributed by atoms with van der Waals surface area (Å²) >= 11 is 2.50. The zero-order valence-corrected chi connectivity index (χ0v) is 11.2. The van der Waals surface area contributed by atoms with Gasteiger partial charge in [-0.05, 0) is 25.2 Å². The highest BCUT2D eigenvalue weighted by atomic mass is 127. The lowest BCUT2D eigenvalue weighted by molar-refractivity contribution is -0.121. The van der Waals surface area contributed by atoms with E-state index < -0.39 is 0 Å². The molecule has 1 rings (SSSR count). The molecule has 1 N–H and O–H groups in total. The maximum absolute atomic E-state index is 11.2. The third-order valence-corrected chi connectivity index (χ3v) is 4.07.